The molecule has 0 saturated heterocycles. The first-order chi connectivity index (χ1) is 14.5. The predicted octanol–water partition coefficient (Wildman–Crippen LogP) is 3.49. The molecule has 3 aromatic rings. The second-order valence-electron chi connectivity index (χ2n) is 6.81. The van der Waals surface area contributed by atoms with Crippen LogP contribution in [0.4, 0.5) is 30.5 Å². The fourth-order valence-corrected chi connectivity index (χ4v) is 2.76. The SMILES string of the molecule is CC(=N)c1cc(Nc2nc(-c3ccc(C(=O)NCC(F)(F)F)cc3)nn2C)ccc1N. The summed E-state index contributed by atoms with van der Waals surface area (Å²) >= 11 is 0. The first-order valence-electron chi connectivity index (χ1n) is 9.12. The van der Waals surface area contributed by atoms with Crippen molar-refractivity contribution in [2.75, 3.05) is 17.6 Å². The van der Waals surface area contributed by atoms with Crippen molar-refractivity contribution in [1.29, 1.82) is 5.41 Å². The molecule has 1 heterocycles. The molecule has 0 aliphatic rings. The van der Waals surface area contributed by atoms with E-state index in [-0.39, 0.29) is 5.56 Å². The van der Waals surface area contributed by atoms with Crippen LogP contribution in [0, 0.1) is 5.41 Å². The molecule has 0 aliphatic carbocycles. The summed E-state index contributed by atoms with van der Waals surface area (Å²) in [5.74, 6) is -0.0210. The van der Waals surface area contributed by atoms with Gasteiger partial charge >= 0.3 is 6.18 Å². The number of aromatic nitrogens is 3. The number of amides is 1. The second-order valence-corrected chi connectivity index (χ2v) is 6.81. The van der Waals surface area contributed by atoms with Crippen molar-refractivity contribution in [3.05, 3.63) is 53.6 Å². The van der Waals surface area contributed by atoms with Gasteiger partial charge in [-0.05, 0) is 37.3 Å². The number of aryl methyl sites for hydroxylation is 1. The average molecular weight is 431 g/mol. The third kappa shape index (κ3) is 5.38. The van der Waals surface area contributed by atoms with Crippen molar-refractivity contribution in [2.45, 2.75) is 13.1 Å². The van der Waals surface area contributed by atoms with Gasteiger partial charge in [-0.15, -0.1) is 5.10 Å². The molecule has 0 atom stereocenters. The number of rotatable bonds is 6. The Balaban J connectivity index is 1.76. The topological polar surface area (TPSA) is 122 Å². The zero-order valence-corrected chi connectivity index (χ0v) is 16.7. The minimum atomic E-state index is -4.47. The molecule has 0 fully saturated rings. The van der Waals surface area contributed by atoms with Crippen LogP contribution in [0.15, 0.2) is 42.5 Å². The Kier molecular flexibility index (Phi) is 5.95. The summed E-state index contributed by atoms with van der Waals surface area (Å²) in [4.78, 5) is 16.2. The first-order valence-corrected chi connectivity index (χ1v) is 9.12. The van der Waals surface area contributed by atoms with Crippen molar-refractivity contribution in [1.82, 2.24) is 20.1 Å². The Morgan fingerprint density at radius 3 is 2.48 bits per heavy atom. The predicted molar refractivity (Wildman–Crippen MR) is 111 cm³/mol. The summed E-state index contributed by atoms with van der Waals surface area (Å²) in [6.07, 6.45) is -4.47. The number of halogens is 3. The first kappa shape index (κ1) is 21.8. The second kappa shape index (κ2) is 8.46. The zero-order valence-electron chi connectivity index (χ0n) is 16.7. The number of hydrogen-bond acceptors (Lipinski definition) is 6. The molecule has 3 rings (SSSR count). The van der Waals surface area contributed by atoms with Crippen molar-refractivity contribution >= 4 is 28.9 Å². The lowest BCUT2D eigenvalue weighted by atomic mass is 10.1. The molecular formula is C20H20F3N7O. The third-order valence-corrected chi connectivity index (χ3v) is 4.33. The van der Waals surface area contributed by atoms with E-state index in [9.17, 15) is 18.0 Å². The molecule has 0 unspecified atom stereocenters. The van der Waals surface area contributed by atoms with Crippen LogP contribution >= 0.6 is 0 Å². The molecule has 8 nitrogen and oxygen atoms in total. The van der Waals surface area contributed by atoms with E-state index in [2.05, 4.69) is 15.4 Å². The zero-order chi connectivity index (χ0) is 22.8. The fourth-order valence-electron chi connectivity index (χ4n) is 2.76. The van der Waals surface area contributed by atoms with Gasteiger partial charge in [0.05, 0.1) is 0 Å². The van der Waals surface area contributed by atoms with Crippen LogP contribution < -0.4 is 16.4 Å². The van der Waals surface area contributed by atoms with Crippen molar-refractivity contribution in [3.63, 3.8) is 0 Å². The minimum absolute atomic E-state index is 0.0960. The highest BCUT2D eigenvalue weighted by atomic mass is 19.4. The lowest BCUT2D eigenvalue weighted by molar-refractivity contribution is -0.123. The van der Waals surface area contributed by atoms with Gasteiger partial charge in [0.1, 0.15) is 6.54 Å². The largest absolute Gasteiger partial charge is 0.405 e. The number of alkyl halides is 3. The van der Waals surface area contributed by atoms with Crippen molar-refractivity contribution in [2.24, 2.45) is 7.05 Å². The molecule has 0 saturated carbocycles. The standard InChI is InChI=1S/C20H20F3N7O/c1-11(24)15-9-14(7-8-16(15)25)27-19-28-17(29-30(19)2)12-3-5-13(6-4-12)18(31)26-10-20(21,22)23/h3-9,24H,10,25H2,1-2H3,(H,26,31)(H,27,28,29). The Bertz CT molecular complexity index is 1120. The molecule has 5 N–H and O–H groups in total. The van der Waals surface area contributed by atoms with E-state index < -0.39 is 18.6 Å². The summed E-state index contributed by atoms with van der Waals surface area (Å²) in [6, 6.07) is 11.1. The summed E-state index contributed by atoms with van der Waals surface area (Å²) in [7, 11) is 1.69. The highest BCUT2D eigenvalue weighted by Gasteiger charge is 2.27. The Labute approximate surface area is 175 Å². The van der Waals surface area contributed by atoms with Gasteiger partial charge < -0.3 is 21.8 Å². The number of hydrogen-bond donors (Lipinski definition) is 4. The van der Waals surface area contributed by atoms with Gasteiger partial charge in [-0.25, -0.2) is 4.68 Å². The fraction of sp³-hybridized carbons (Fsp3) is 0.200. The lowest BCUT2D eigenvalue weighted by Crippen LogP contribution is -2.33. The van der Waals surface area contributed by atoms with Gasteiger partial charge in [-0.3, -0.25) is 4.79 Å². The maximum absolute atomic E-state index is 12.2. The van der Waals surface area contributed by atoms with Crippen LogP contribution in [0.3, 0.4) is 0 Å². The molecule has 0 radical (unpaired) electrons. The summed E-state index contributed by atoms with van der Waals surface area (Å²) in [5.41, 5.74) is 8.67. The van der Waals surface area contributed by atoms with Crippen LogP contribution in [0.1, 0.15) is 22.8 Å². The number of nitrogens with one attached hydrogen (secondary N) is 3. The van der Waals surface area contributed by atoms with Gasteiger partial charge in [-0.1, -0.05) is 12.1 Å². The molecule has 1 amide bonds. The van der Waals surface area contributed by atoms with Crippen LogP contribution in [0.25, 0.3) is 11.4 Å². The monoisotopic (exact) mass is 431 g/mol. The highest BCUT2D eigenvalue weighted by Crippen LogP contribution is 2.23. The van der Waals surface area contributed by atoms with Gasteiger partial charge in [-0.2, -0.15) is 18.2 Å². The van der Waals surface area contributed by atoms with Crippen LogP contribution in [-0.4, -0.2) is 39.1 Å². The van der Waals surface area contributed by atoms with Crippen LogP contribution in [0.2, 0.25) is 0 Å². The van der Waals surface area contributed by atoms with Crippen molar-refractivity contribution in [3.8, 4) is 11.4 Å². The average Bonchev–Trinajstić information content (AvgIpc) is 3.07. The number of carbonyl (C=O) groups excluding carboxylic acids is 1. The molecule has 31 heavy (non-hydrogen) atoms. The van der Waals surface area contributed by atoms with Crippen LogP contribution in [0.5, 0.6) is 0 Å². The lowest BCUT2D eigenvalue weighted by Gasteiger charge is -2.09. The summed E-state index contributed by atoms with van der Waals surface area (Å²) in [5, 5.41) is 17.0. The maximum Gasteiger partial charge on any atom is 0.405 e. The van der Waals surface area contributed by atoms with Crippen LogP contribution in [-0.2, 0) is 7.05 Å². The molecule has 162 valence electrons. The summed E-state index contributed by atoms with van der Waals surface area (Å²) < 4.78 is 38.2. The molecular weight excluding hydrogens is 411 g/mol. The Morgan fingerprint density at radius 1 is 1.19 bits per heavy atom. The number of nitrogens with zero attached hydrogens (tertiary/aromatic N) is 3. The van der Waals surface area contributed by atoms with E-state index in [1.807, 2.05) is 5.32 Å². The molecule has 2 aromatic carbocycles. The van der Waals surface area contributed by atoms with Gasteiger partial charge in [0.15, 0.2) is 5.82 Å². The Morgan fingerprint density at radius 2 is 1.87 bits per heavy atom. The van der Waals surface area contributed by atoms with E-state index in [0.717, 1.165) is 0 Å². The Hall–Kier alpha value is -3.89. The van der Waals surface area contributed by atoms with Gasteiger partial charge in [0.25, 0.3) is 5.91 Å². The number of anilines is 3. The normalized spacial score (nSPS) is 11.3. The smallest absolute Gasteiger partial charge is 0.398 e. The third-order valence-electron chi connectivity index (χ3n) is 4.33. The number of carbonyl (C=O) groups is 1. The molecule has 11 heteroatoms. The van der Waals surface area contributed by atoms with Gasteiger partial charge in [0.2, 0.25) is 5.95 Å². The van der Waals surface area contributed by atoms with E-state index in [1.165, 1.54) is 16.8 Å². The number of benzene rings is 2. The number of nitrogens with two attached hydrogens (primary N) is 1. The quantitative estimate of drug-likeness (QED) is 0.352. The van der Waals surface area contributed by atoms with E-state index >= 15 is 0 Å². The minimum Gasteiger partial charge on any atom is -0.398 e. The molecule has 1 aromatic heterocycles. The maximum atomic E-state index is 12.2. The molecule has 0 bridgehead atoms. The molecule has 0 aliphatic heterocycles. The van der Waals surface area contributed by atoms with E-state index in [0.29, 0.717) is 40.0 Å². The van der Waals surface area contributed by atoms with E-state index in [1.54, 1.807) is 44.3 Å². The number of nitrogen functional groups attached to an aromatic ring is 1. The summed E-state index contributed by atoms with van der Waals surface area (Å²) in [6.45, 7) is 0.248. The highest BCUT2D eigenvalue weighted by molar-refractivity contribution is 6.01. The van der Waals surface area contributed by atoms with E-state index in [4.69, 9.17) is 11.1 Å². The van der Waals surface area contributed by atoms with Gasteiger partial charge in [0, 0.05) is 40.8 Å². The van der Waals surface area contributed by atoms with Crippen molar-refractivity contribution < 1.29 is 18.0 Å². The molecule has 0 spiro atoms.